The van der Waals surface area contributed by atoms with Crippen molar-refractivity contribution < 1.29 is 24.1 Å². The number of fused-ring (bicyclic) bond motifs is 1. The van der Waals surface area contributed by atoms with Crippen LogP contribution in [0.2, 0.25) is 0 Å². The summed E-state index contributed by atoms with van der Waals surface area (Å²) >= 11 is 1.69. The van der Waals surface area contributed by atoms with E-state index in [1.54, 1.807) is 24.6 Å². The van der Waals surface area contributed by atoms with Gasteiger partial charge >= 0.3 is 5.97 Å². The lowest BCUT2D eigenvalue weighted by Crippen LogP contribution is -2.04. The molecular weight excluding hydrogens is 474 g/mol. The Bertz CT molecular complexity index is 1390. The van der Waals surface area contributed by atoms with Crippen LogP contribution in [0.15, 0.2) is 60.1 Å². The number of carboxylic acid groups (broad SMARTS) is 1. The molecule has 0 saturated heterocycles. The molecule has 36 heavy (non-hydrogen) atoms. The minimum absolute atomic E-state index is 0.100. The number of hydrogen-bond donors (Lipinski definition) is 1. The molecule has 1 N–H and O–H groups in total. The smallest absolute Gasteiger partial charge is 0.304 e. The number of terminal acetylenes is 1. The van der Waals surface area contributed by atoms with E-state index in [4.69, 9.17) is 25.7 Å². The number of aryl methyl sites for hydroxylation is 1. The quantitative estimate of drug-likeness (QED) is 0.199. The molecule has 0 aliphatic rings. The molecule has 0 fully saturated rings. The third kappa shape index (κ3) is 6.03. The van der Waals surface area contributed by atoms with E-state index in [2.05, 4.69) is 34.5 Å². The minimum atomic E-state index is -0.919. The predicted octanol–water partition coefficient (Wildman–Crippen LogP) is 6.07. The van der Waals surface area contributed by atoms with Crippen molar-refractivity contribution in [2.75, 3.05) is 20.3 Å². The summed E-state index contributed by atoms with van der Waals surface area (Å²) < 4.78 is 18.0. The van der Waals surface area contributed by atoms with Gasteiger partial charge in [-0.15, -0.1) is 17.8 Å². The number of carbonyl (C=O) groups is 1. The standard InChI is InChI=1S/C29H27NO5S/c1-4-21(14-29(31)32)22-6-8-23(9-7-22)35-17-20-5-10-28-26(13-20)27(18-36-28)25-15-24(16-30-19(25)2)34-12-11-33-3/h1,5-10,13,15-16,18,21H,11-12,14,17H2,2-3H3,(H,31,32)/t21-/m0/s1. The molecule has 4 rings (SSSR count). The number of nitrogens with zero attached hydrogens (tertiary/aromatic N) is 1. The van der Waals surface area contributed by atoms with Crippen molar-refractivity contribution in [2.24, 2.45) is 0 Å². The fourth-order valence-corrected chi connectivity index (χ4v) is 4.83. The number of carboxylic acids is 1. The first-order valence-corrected chi connectivity index (χ1v) is 12.4. The van der Waals surface area contributed by atoms with E-state index in [0.29, 0.717) is 31.3 Å². The summed E-state index contributed by atoms with van der Waals surface area (Å²) in [5, 5.41) is 12.3. The van der Waals surface area contributed by atoms with Gasteiger partial charge in [-0.05, 0) is 53.8 Å². The van der Waals surface area contributed by atoms with E-state index in [1.807, 2.05) is 37.3 Å². The van der Waals surface area contributed by atoms with Crippen LogP contribution in [0.4, 0.5) is 0 Å². The average molecular weight is 502 g/mol. The molecule has 0 aliphatic carbocycles. The lowest BCUT2D eigenvalue weighted by atomic mass is 9.97. The number of aliphatic carboxylic acids is 1. The topological polar surface area (TPSA) is 77.9 Å². The molecule has 0 unspecified atom stereocenters. The predicted molar refractivity (Wildman–Crippen MR) is 142 cm³/mol. The van der Waals surface area contributed by atoms with Gasteiger partial charge in [-0.1, -0.05) is 24.1 Å². The molecule has 1 atom stereocenters. The van der Waals surface area contributed by atoms with Crippen molar-refractivity contribution in [1.82, 2.24) is 4.98 Å². The molecule has 6 nitrogen and oxygen atoms in total. The molecule has 0 aliphatic heterocycles. The second kappa shape index (κ2) is 11.7. The number of pyridine rings is 1. The number of methoxy groups -OCH3 is 1. The second-order valence-corrected chi connectivity index (χ2v) is 9.21. The maximum Gasteiger partial charge on any atom is 0.304 e. The van der Waals surface area contributed by atoms with Crippen molar-refractivity contribution in [3.05, 3.63) is 76.9 Å². The highest BCUT2D eigenvalue weighted by Crippen LogP contribution is 2.37. The largest absolute Gasteiger partial charge is 0.490 e. The molecule has 0 saturated carbocycles. The maximum atomic E-state index is 11.0. The monoisotopic (exact) mass is 501 g/mol. The Labute approximate surface area is 214 Å². The lowest BCUT2D eigenvalue weighted by molar-refractivity contribution is -0.137. The zero-order valence-corrected chi connectivity index (χ0v) is 21.0. The number of rotatable bonds is 11. The molecule has 7 heteroatoms. The maximum absolute atomic E-state index is 11.0. The fraction of sp³-hybridized carbons (Fsp3) is 0.241. The first-order valence-electron chi connectivity index (χ1n) is 11.5. The van der Waals surface area contributed by atoms with Crippen LogP contribution in [-0.2, 0) is 16.1 Å². The van der Waals surface area contributed by atoms with Crippen molar-refractivity contribution in [3.8, 4) is 35.0 Å². The number of thiophene rings is 1. The van der Waals surface area contributed by atoms with E-state index in [0.717, 1.165) is 33.3 Å². The summed E-state index contributed by atoms with van der Waals surface area (Å²) in [6.07, 6.45) is 7.14. The highest BCUT2D eigenvalue weighted by atomic mass is 32.1. The average Bonchev–Trinajstić information content (AvgIpc) is 3.30. The van der Waals surface area contributed by atoms with Gasteiger partial charge in [0.25, 0.3) is 0 Å². The number of aromatic nitrogens is 1. The third-order valence-electron chi connectivity index (χ3n) is 5.81. The number of benzene rings is 2. The van der Waals surface area contributed by atoms with Gasteiger partial charge in [-0.2, -0.15) is 0 Å². The zero-order chi connectivity index (χ0) is 25.5. The third-order valence-corrected chi connectivity index (χ3v) is 6.78. The van der Waals surface area contributed by atoms with Crippen LogP contribution in [0.25, 0.3) is 21.2 Å². The summed E-state index contributed by atoms with van der Waals surface area (Å²) in [5.74, 6) is 2.57. The van der Waals surface area contributed by atoms with Crippen LogP contribution < -0.4 is 9.47 Å². The van der Waals surface area contributed by atoms with Gasteiger partial charge < -0.3 is 19.3 Å². The Morgan fingerprint density at radius 1 is 1.08 bits per heavy atom. The Balaban J connectivity index is 1.50. The highest BCUT2D eigenvalue weighted by Gasteiger charge is 2.14. The highest BCUT2D eigenvalue weighted by molar-refractivity contribution is 7.17. The van der Waals surface area contributed by atoms with Crippen LogP contribution in [0.3, 0.4) is 0 Å². The van der Waals surface area contributed by atoms with E-state index < -0.39 is 11.9 Å². The molecule has 184 valence electrons. The summed E-state index contributed by atoms with van der Waals surface area (Å²) in [6, 6.07) is 15.6. The SMILES string of the molecule is C#C[C@@H](CC(=O)O)c1ccc(OCc2ccc3scc(-c4cc(OCCOC)cnc4C)c3c2)cc1. The Hall–Kier alpha value is -3.86. The number of hydrogen-bond acceptors (Lipinski definition) is 6. The number of ether oxygens (including phenoxy) is 3. The van der Waals surface area contributed by atoms with Crippen molar-refractivity contribution in [2.45, 2.75) is 25.9 Å². The van der Waals surface area contributed by atoms with Gasteiger partial charge in [-0.25, -0.2) is 0 Å². The van der Waals surface area contributed by atoms with Crippen LogP contribution in [0.1, 0.15) is 29.2 Å². The molecular formula is C29H27NO5S. The van der Waals surface area contributed by atoms with Gasteiger partial charge in [-0.3, -0.25) is 9.78 Å². The molecule has 2 heterocycles. The van der Waals surface area contributed by atoms with E-state index in [9.17, 15) is 4.79 Å². The fourth-order valence-electron chi connectivity index (χ4n) is 3.89. The summed E-state index contributed by atoms with van der Waals surface area (Å²) in [6.45, 7) is 3.38. The van der Waals surface area contributed by atoms with Crippen molar-refractivity contribution in [3.63, 3.8) is 0 Å². The molecule has 2 aromatic heterocycles. The van der Waals surface area contributed by atoms with Crippen LogP contribution >= 0.6 is 11.3 Å². The molecule has 4 aromatic rings. The second-order valence-electron chi connectivity index (χ2n) is 8.30. The van der Waals surface area contributed by atoms with Gasteiger partial charge in [0.15, 0.2) is 0 Å². The lowest BCUT2D eigenvalue weighted by Gasteiger charge is -2.11. The Morgan fingerprint density at radius 2 is 1.89 bits per heavy atom. The minimum Gasteiger partial charge on any atom is -0.490 e. The normalized spacial score (nSPS) is 11.7. The molecule has 0 spiro atoms. The first-order chi connectivity index (χ1) is 17.5. The molecule has 0 amide bonds. The van der Waals surface area contributed by atoms with Crippen LogP contribution in [-0.4, -0.2) is 36.4 Å². The van der Waals surface area contributed by atoms with Gasteiger partial charge in [0.05, 0.1) is 25.1 Å². The first kappa shape index (κ1) is 25.2. The summed E-state index contributed by atoms with van der Waals surface area (Å²) in [4.78, 5) is 15.5. The van der Waals surface area contributed by atoms with Gasteiger partial charge in [0.1, 0.15) is 24.7 Å². The Kier molecular flexibility index (Phi) is 8.21. The summed E-state index contributed by atoms with van der Waals surface area (Å²) in [7, 11) is 1.65. The van der Waals surface area contributed by atoms with Gasteiger partial charge in [0, 0.05) is 34.0 Å². The molecule has 0 bridgehead atoms. The van der Waals surface area contributed by atoms with E-state index in [-0.39, 0.29) is 6.42 Å². The zero-order valence-electron chi connectivity index (χ0n) is 20.2. The van der Waals surface area contributed by atoms with E-state index in [1.165, 1.54) is 4.70 Å². The molecule has 2 aromatic carbocycles. The summed E-state index contributed by atoms with van der Waals surface area (Å²) in [5.41, 5.74) is 4.91. The van der Waals surface area contributed by atoms with Crippen LogP contribution in [0.5, 0.6) is 11.5 Å². The van der Waals surface area contributed by atoms with Crippen molar-refractivity contribution in [1.29, 1.82) is 0 Å². The van der Waals surface area contributed by atoms with Gasteiger partial charge in [0.2, 0.25) is 0 Å². The molecule has 0 radical (unpaired) electrons. The van der Waals surface area contributed by atoms with Crippen molar-refractivity contribution >= 4 is 27.4 Å². The van der Waals surface area contributed by atoms with E-state index >= 15 is 0 Å². The van der Waals surface area contributed by atoms with Crippen LogP contribution in [0, 0.1) is 19.3 Å². The Morgan fingerprint density at radius 3 is 2.61 bits per heavy atom.